The molecule has 104 valence electrons. The van der Waals surface area contributed by atoms with E-state index >= 15 is 0 Å². The second-order valence-corrected chi connectivity index (χ2v) is 4.26. The van der Waals surface area contributed by atoms with Gasteiger partial charge in [0.25, 0.3) is 6.23 Å². The summed E-state index contributed by atoms with van der Waals surface area (Å²) in [7, 11) is 1.27. The van der Waals surface area contributed by atoms with Crippen molar-refractivity contribution in [2.75, 3.05) is 13.7 Å². The minimum atomic E-state index is -1.19. The zero-order valence-electron chi connectivity index (χ0n) is 10.3. The van der Waals surface area contributed by atoms with Crippen molar-refractivity contribution in [3.8, 4) is 0 Å². The van der Waals surface area contributed by atoms with Gasteiger partial charge >= 0.3 is 5.97 Å². The second kappa shape index (κ2) is 5.62. The lowest BCUT2D eigenvalue weighted by Gasteiger charge is -2.10. The van der Waals surface area contributed by atoms with Crippen LogP contribution in [0.3, 0.4) is 0 Å². The van der Waals surface area contributed by atoms with Crippen LogP contribution in [0.15, 0.2) is 24.5 Å². The summed E-state index contributed by atoms with van der Waals surface area (Å²) in [6, 6.07) is 3.16. The molecular weight excluding hydrogens is 254 g/mol. The summed E-state index contributed by atoms with van der Waals surface area (Å²) >= 11 is 0. The average molecular weight is 270 g/mol. The van der Waals surface area contributed by atoms with Crippen LogP contribution >= 0.6 is 0 Å². The maximum Gasteiger partial charge on any atom is 0.343 e. The van der Waals surface area contributed by atoms with E-state index in [4.69, 9.17) is 9.84 Å². The van der Waals surface area contributed by atoms with E-state index < -0.39 is 37.1 Å². The van der Waals surface area contributed by atoms with Gasteiger partial charge in [0.2, 0.25) is 0 Å². The third-order valence-corrected chi connectivity index (χ3v) is 3.05. The van der Waals surface area contributed by atoms with Gasteiger partial charge in [-0.1, -0.05) is 0 Å². The van der Waals surface area contributed by atoms with E-state index in [9.17, 15) is 15.0 Å². The molecule has 1 aromatic rings. The molecule has 1 aliphatic heterocycles. The van der Waals surface area contributed by atoms with Gasteiger partial charge in [-0.25, -0.2) is 4.79 Å². The monoisotopic (exact) mass is 270 g/mol. The van der Waals surface area contributed by atoms with Crippen LogP contribution in [0.1, 0.15) is 16.6 Å². The first-order chi connectivity index (χ1) is 9.08. The quantitative estimate of drug-likeness (QED) is 0.450. The molecule has 7 heteroatoms. The van der Waals surface area contributed by atoms with E-state index in [-0.39, 0.29) is 0 Å². The molecule has 0 radical (unpaired) electrons. The molecule has 1 aliphatic rings. The number of nitrogens with zero attached hydrogens (tertiary/aromatic N) is 1. The summed E-state index contributed by atoms with van der Waals surface area (Å²) in [5, 5.41) is 28.6. The first kappa shape index (κ1) is 13.9. The number of aromatic nitrogens is 1. The number of rotatable bonds is 3. The van der Waals surface area contributed by atoms with E-state index in [1.165, 1.54) is 17.9 Å². The van der Waals surface area contributed by atoms with Crippen LogP contribution in [0.25, 0.3) is 0 Å². The van der Waals surface area contributed by atoms with E-state index in [2.05, 4.69) is 4.74 Å². The van der Waals surface area contributed by atoms with E-state index in [0.29, 0.717) is 5.56 Å². The Morgan fingerprint density at radius 2 is 2.21 bits per heavy atom. The van der Waals surface area contributed by atoms with E-state index in [1.807, 2.05) is 0 Å². The zero-order valence-corrected chi connectivity index (χ0v) is 10.3. The van der Waals surface area contributed by atoms with Crippen LogP contribution in [0, 0.1) is 0 Å². The lowest BCUT2D eigenvalue weighted by atomic mass is 10.1. The molecule has 2 rings (SSSR count). The van der Waals surface area contributed by atoms with Crippen LogP contribution < -0.4 is 4.57 Å². The molecule has 4 atom stereocenters. The largest absolute Gasteiger partial charge is 0.465 e. The number of carbonyl (C=O) groups excluding carboxylic acids is 1. The number of aliphatic hydroxyl groups is 3. The van der Waals surface area contributed by atoms with Crippen molar-refractivity contribution in [1.82, 2.24) is 0 Å². The molecule has 0 saturated carbocycles. The predicted molar refractivity (Wildman–Crippen MR) is 61.0 cm³/mol. The summed E-state index contributed by atoms with van der Waals surface area (Å²) in [4.78, 5) is 11.4. The number of pyridine rings is 1. The molecule has 0 bridgehead atoms. The van der Waals surface area contributed by atoms with Crippen molar-refractivity contribution in [2.45, 2.75) is 24.5 Å². The molecule has 19 heavy (non-hydrogen) atoms. The number of aliphatic hydroxyl groups excluding tert-OH is 3. The average Bonchev–Trinajstić information content (AvgIpc) is 2.74. The fraction of sp³-hybridized carbons (Fsp3) is 0.500. The molecule has 0 amide bonds. The Morgan fingerprint density at radius 1 is 1.47 bits per heavy atom. The SMILES string of the molecule is COC(=O)c1ccc[n+]([C@@H]2O[C@H](CO)[C@@H](O)[C@H]2O)c1. The highest BCUT2D eigenvalue weighted by molar-refractivity contribution is 5.88. The van der Waals surface area contributed by atoms with E-state index in [1.54, 1.807) is 18.3 Å². The Hall–Kier alpha value is -1.54. The molecule has 0 aromatic carbocycles. The van der Waals surface area contributed by atoms with Crippen molar-refractivity contribution in [1.29, 1.82) is 0 Å². The molecular formula is C12H16NO6+. The maximum atomic E-state index is 11.4. The molecule has 1 fully saturated rings. The highest BCUT2D eigenvalue weighted by Crippen LogP contribution is 2.25. The van der Waals surface area contributed by atoms with Gasteiger partial charge in [0.15, 0.2) is 18.5 Å². The second-order valence-electron chi connectivity index (χ2n) is 4.26. The molecule has 0 aliphatic carbocycles. The van der Waals surface area contributed by atoms with Gasteiger partial charge in [-0.15, -0.1) is 0 Å². The number of esters is 1. The first-order valence-electron chi connectivity index (χ1n) is 5.80. The van der Waals surface area contributed by atoms with Crippen molar-refractivity contribution in [3.05, 3.63) is 30.1 Å². The Morgan fingerprint density at radius 3 is 2.79 bits per heavy atom. The molecule has 3 N–H and O–H groups in total. The Bertz CT molecular complexity index is 465. The Kier molecular flexibility index (Phi) is 4.11. The fourth-order valence-electron chi connectivity index (χ4n) is 2.02. The topological polar surface area (TPSA) is 100 Å². The summed E-state index contributed by atoms with van der Waals surface area (Å²) in [6.45, 7) is -0.397. The summed E-state index contributed by atoms with van der Waals surface area (Å²) in [6.07, 6.45) is -1.04. The minimum absolute atomic E-state index is 0.294. The van der Waals surface area contributed by atoms with Crippen LogP contribution in [-0.2, 0) is 9.47 Å². The van der Waals surface area contributed by atoms with Crippen LogP contribution in [0.5, 0.6) is 0 Å². The molecule has 1 saturated heterocycles. The molecule has 2 heterocycles. The van der Waals surface area contributed by atoms with Gasteiger partial charge in [-0.3, -0.25) is 0 Å². The maximum absolute atomic E-state index is 11.4. The molecule has 0 unspecified atom stereocenters. The van der Waals surface area contributed by atoms with Crippen molar-refractivity contribution < 1.29 is 34.2 Å². The minimum Gasteiger partial charge on any atom is -0.465 e. The Labute approximate surface area is 109 Å². The van der Waals surface area contributed by atoms with Crippen LogP contribution in [-0.4, -0.2) is 53.3 Å². The van der Waals surface area contributed by atoms with Crippen molar-refractivity contribution in [3.63, 3.8) is 0 Å². The van der Waals surface area contributed by atoms with Gasteiger partial charge in [0, 0.05) is 6.07 Å². The molecule has 0 spiro atoms. The van der Waals surface area contributed by atoms with E-state index in [0.717, 1.165) is 0 Å². The summed E-state index contributed by atoms with van der Waals surface area (Å²) in [5.74, 6) is -0.513. The van der Waals surface area contributed by atoms with Crippen LogP contribution in [0.2, 0.25) is 0 Å². The van der Waals surface area contributed by atoms with Crippen LogP contribution in [0.4, 0.5) is 0 Å². The number of carbonyl (C=O) groups is 1. The number of ether oxygens (including phenoxy) is 2. The predicted octanol–water partition coefficient (Wildman–Crippen LogP) is -1.63. The zero-order chi connectivity index (χ0) is 14.0. The smallest absolute Gasteiger partial charge is 0.343 e. The molecule has 1 aromatic heterocycles. The third kappa shape index (κ3) is 2.59. The highest BCUT2D eigenvalue weighted by Gasteiger charge is 2.47. The van der Waals surface area contributed by atoms with Crippen molar-refractivity contribution in [2.24, 2.45) is 0 Å². The molecule has 7 nitrogen and oxygen atoms in total. The number of hydrogen-bond acceptors (Lipinski definition) is 6. The lowest BCUT2D eigenvalue weighted by molar-refractivity contribution is -0.765. The fourth-order valence-corrected chi connectivity index (χ4v) is 2.02. The van der Waals surface area contributed by atoms with Gasteiger partial charge in [-0.05, 0) is 6.07 Å². The van der Waals surface area contributed by atoms with Crippen molar-refractivity contribution >= 4 is 5.97 Å². The number of hydrogen-bond donors (Lipinski definition) is 3. The highest BCUT2D eigenvalue weighted by atomic mass is 16.6. The third-order valence-electron chi connectivity index (χ3n) is 3.05. The standard InChI is InChI=1S/C12H16NO6/c1-18-12(17)7-3-2-4-13(5-7)11-10(16)9(15)8(6-14)19-11/h2-5,8-11,14-16H,6H2,1H3/q+1/t8-,9-,10-,11-/m1/s1. The first-order valence-corrected chi connectivity index (χ1v) is 5.80. The Balaban J connectivity index is 2.25. The normalized spacial score (nSPS) is 30.3. The van der Waals surface area contributed by atoms with Gasteiger partial charge in [0.1, 0.15) is 17.8 Å². The van der Waals surface area contributed by atoms with Gasteiger partial charge < -0.3 is 24.8 Å². The summed E-state index contributed by atoms with van der Waals surface area (Å²) < 4.78 is 11.4. The van der Waals surface area contributed by atoms with Gasteiger partial charge in [-0.2, -0.15) is 4.57 Å². The number of methoxy groups -OCH3 is 1. The lowest BCUT2D eigenvalue weighted by Crippen LogP contribution is -2.46. The summed E-state index contributed by atoms with van der Waals surface area (Å²) in [5.41, 5.74) is 0.294. The van der Waals surface area contributed by atoms with Gasteiger partial charge in [0.05, 0.1) is 13.7 Å².